The highest BCUT2D eigenvalue weighted by atomic mass is 14.8. The lowest BCUT2D eigenvalue weighted by Gasteiger charge is -2.01. The highest BCUT2D eigenvalue weighted by Gasteiger charge is 1.87. The van der Waals surface area contributed by atoms with Gasteiger partial charge in [0.1, 0.15) is 0 Å². The molecule has 0 bridgehead atoms. The summed E-state index contributed by atoms with van der Waals surface area (Å²) in [5.41, 5.74) is 0. The van der Waals surface area contributed by atoms with Crippen LogP contribution in [0, 0.1) is 12.8 Å². The molecule has 1 N–H and O–H groups in total. The Morgan fingerprint density at radius 3 is 2.29 bits per heavy atom. The largest absolute Gasteiger partial charge is 0.316 e. The number of hydrogen-bond donors (Lipinski definition) is 1. The fourth-order valence-electron chi connectivity index (χ4n) is 0.372. The van der Waals surface area contributed by atoms with Crippen molar-refractivity contribution in [2.24, 2.45) is 5.92 Å². The van der Waals surface area contributed by atoms with Crippen LogP contribution < -0.4 is 5.32 Å². The molecule has 0 aliphatic rings. The van der Waals surface area contributed by atoms with Crippen LogP contribution in [-0.2, 0) is 0 Å². The lowest BCUT2D eigenvalue weighted by Crippen LogP contribution is -2.18. The van der Waals surface area contributed by atoms with Gasteiger partial charge in [0, 0.05) is 0 Å². The Hall–Kier alpha value is -0.0400. The molecule has 0 aromatic heterocycles. The van der Waals surface area contributed by atoms with Gasteiger partial charge in [-0.2, -0.15) is 0 Å². The van der Waals surface area contributed by atoms with Crippen LogP contribution in [0.25, 0.3) is 0 Å². The first-order valence-corrected chi connectivity index (χ1v) is 2.68. The number of hydrogen-bond acceptors (Lipinski definition) is 1. The van der Waals surface area contributed by atoms with Crippen molar-refractivity contribution in [3.63, 3.8) is 0 Å². The van der Waals surface area contributed by atoms with Gasteiger partial charge in [-0.25, -0.2) is 0 Å². The average molecular weight is 99.2 g/mol. The third kappa shape index (κ3) is 5.96. The van der Waals surface area contributed by atoms with Crippen molar-refractivity contribution >= 4 is 0 Å². The highest BCUT2D eigenvalue weighted by molar-refractivity contribution is 4.50. The van der Waals surface area contributed by atoms with Crippen LogP contribution in [0.5, 0.6) is 0 Å². The van der Waals surface area contributed by atoms with E-state index < -0.39 is 0 Å². The monoisotopic (exact) mass is 99.1 g/mol. The molecule has 0 rings (SSSR count). The molecule has 42 valence electrons. The molecule has 0 fully saturated rings. The van der Waals surface area contributed by atoms with Crippen molar-refractivity contribution in [3.05, 3.63) is 6.92 Å². The Bertz CT molecular complexity index is 33.2. The molecule has 0 aromatic carbocycles. The molecule has 0 amide bonds. The number of rotatable bonds is 3. The summed E-state index contributed by atoms with van der Waals surface area (Å²) in [6.07, 6.45) is 0. The van der Waals surface area contributed by atoms with E-state index in [9.17, 15) is 0 Å². The van der Waals surface area contributed by atoms with Crippen LogP contribution in [-0.4, -0.2) is 13.1 Å². The van der Waals surface area contributed by atoms with Crippen LogP contribution in [0.2, 0.25) is 0 Å². The second-order valence-electron chi connectivity index (χ2n) is 2.05. The maximum Gasteiger partial charge on any atom is -0.00139 e. The SMILES string of the molecule is [CH]CNCC(C)C. The molecule has 0 saturated heterocycles. The average Bonchev–Trinajstić information content (AvgIpc) is 1.61. The van der Waals surface area contributed by atoms with Gasteiger partial charge >= 0.3 is 0 Å². The van der Waals surface area contributed by atoms with Gasteiger partial charge in [0.05, 0.1) is 0 Å². The maximum absolute atomic E-state index is 5.17. The molecule has 0 aliphatic heterocycles. The summed E-state index contributed by atoms with van der Waals surface area (Å²) in [7, 11) is 0. The van der Waals surface area contributed by atoms with Crippen molar-refractivity contribution in [1.82, 2.24) is 5.32 Å². The Morgan fingerprint density at radius 2 is 2.14 bits per heavy atom. The molecular weight excluding hydrogens is 86.1 g/mol. The van der Waals surface area contributed by atoms with Crippen molar-refractivity contribution in [3.8, 4) is 0 Å². The van der Waals surface area contributed by atoms with E-state index in [2.05, 4.69) is 19.2 Å². The predicted molar refractivity (Wildman–Crippen MR) is 32.0 cm³/mol. The summed E-state index contributed by atoms with van der Waals surface area (Å²) in [6.45, 7) is 11.1. The van der Waals surface area contributed by atoms with E-state index in [0.29, 0.717) is 12.5 Å². The minimum absolute atomic E-state index is 0.595. The predicted octanol–water partition coefficient (Wildman–Crippen LogP) is 0.943. The van der Waals surface area contributed by atoms with Crippen molar-refractivity contribution < 1.29 is 0 Å². The van der Waals surface area contributed by atoms with Gasteiger partial charge < -0.3 is 5.32 Å². The molecule has 0 aliphatic carbocycles. The Labute approximate surface area is 46.1 Å². The molecule has 0 spiro atoms. The summed E-state index contributed by atoms with van der Waals surface area (Å²) in [6, 6.07) is 0. The maximum atomic E-state index is 5.17. The zero-order valence-corrected chi connectivity index (χ0v) is 5.07. The van der Waals surface area contributed by atoms with Gasteiger partial charge in [0.25, 0.3) is 0 Å². The molecule has 1 heteroatoms. The molecular formula is C6H13N. The molecule has 0 atom stereocenters. The second kappa shape index (κ2) is 4.13. The standard InChI is InChI=1S/C6H13N/c1-4-7-5-6(2)3/h1,6-7H,4-5H2,2-3H3. The third-order valence-electron chi connectivity index (χ3n) is 0.697. The minimum Gasteiger partial charge on any atom is -0.316 e. The van der Waals surface area contributed by atoms with Gasteiger partial charge in [-0.15, -0.1) is 0 Å². The summed E-state index contributed by atoms with van der Waals surface area (Å²) in [5, 5.41) is 3.03. The van der Waals surface area contributed by atoms with E-state index in [1.165, 1.54) is 0 Å². The Balaban J connectivity index is 2.68. The molecule has 0 saturated carbocycles. The van der Waals surface area contributed by atoms with Crippen molar-refractivity contribution in [2.75, 3.05) is 13.1 Å². The van der Waals surface area contributed by atoms with E-state index in [-0.39, 0.29) is 0 Å². The fourth-order valence-corrected chi connectivity index (χ4v) is 0.372. The molecule has 7 heavy (non-hydrogen) atoms. The highest BCUT2D eigenvalue weighted by Crippen LogP contribution is 1.84. The lowest BCUT2D eigenvalue weighted by molar-refractivity contribution is 0.576. The molecule has 2 radical (unpaired) electrons. The zero-order chi connectivity index (χ0) is 5.70. The zero-order valence-electron chi connectivity index (χ0n) is 5.07. The summed E-state index contributed by atoms with van der Waals surface area (Å²) in [5.74, 6) is 0.712. The summed E-state index contributed by atoms with van der Waals surface area (Å²) >= 11 is 0. The van der Waals surface area contributed by atoms with Gasteiger partial charge in [-0.1, -0.05) is 13.8 Å². The fraction of sp³-hybridized carbons (Fsp3) is 0.833. The van der Waals surface area contributed by atoms with Crippen molar-refractivity contribution in [1.29, 1.82) is 0 Å². The van der Waals surface area contributed by atoms with Crippen LogP contribution in [0.1, 0.15) is 13.8 Å². The quantitative estimate of drug-likeness (QED) is 0.555. The topological polar surface area (TPSA) is 12.0 Å². The first-order valence-electron chi connectivity index (χ1n) is 2.68. The second-order valence-corrected chi connectivity index (χ2v) is 2.05. The van der Waals surface area contributed by atoms with Crippen LogP contribution in [0.4, 0.5) is 0 Å². The smallest absolute Gasteiger partial charge is 0.00139 e. The van der Waals surface area contributed by atoms with Gasteiger partial charge in [-0.3, -0.25) is 0 Å². The van der Waals surface area contributed by atoms with Gasteiger partial charge in [0.15, 0.2) is 0 Å². The van der Waals surface area contributed by atoms with E-state index in [0.717, 1.165) is 6.54 Å². The molecule has 0 aromatic rings. The van der Waals surface area contributed by atoms with Crippen LogP contribution in [0.3, 0.4) is 0 Å². The first kappa shape index (κ1) is 6.96. The minimum atomic E-state index is 0.595. The summed E-state index contributed by atoms with van der Waals surface area (Å²) < 4.78 is 0. The third-order valence-corrected chi connectivity index (χ3v) is 0.697. The summed E-state index contributed by atoms with van der Waals surface area (Å²) in [4.78, 5) is 0. The van der Waals surface area contributed by atoms with E-state index in [1.807, 2.05) is 0 Å². The van der Waals surface area contributed by atoms with E-state index >= 15 is 0 Å². The van der Waals surface area contributed by atoms with E-state index in [4.69, 9.17) is 6.92 Å². The number of nitrogens with one attached hydrogen (secondary N) is 1. The van der Waals surface area contributed by atoms with Gasteiger partial charge in [-0.05, 0) is 25.9 Å². The lowest BCUT2D eigenvalue weighted by atomic mass is 10.2. The molecule has 0 unspecified atom stereocenters. The Morgan fingerprint density at radius 1 is 1.57 bits per heavy atom. The van der Waals surface area contributed by atoms with Crippen LogP contribution >= 0.6 is 0 Å². The normalized spacial score (nSPS) is 10.3. The first-order chi connectivity index (χ1) is 3.27. The van der Waals surface area contributed by atoms with Crippen molar-refractivity contribution in [2.45, 2.75) is 13.8 Å². The molecule has 1 nitrogen and oxygen atoms in total. The van der Waals surface area contributed by atoms with Gasteiger partial charge in [0.2, 0.25) is 0 Å². The van der Waals surface area contributed by atoms with E-state index in [1.54, 1.807) is 0 Å². The Kier molecular flexibility index (Phi) is 4.10. The van der Waals surface area contributed by atoms with Crippen LogP contribution in [0.15, 0.2) is 0 Å². The molecule has 0 heterocycles.